The minimum absolute atomic E-state index is 0.00630. The Morgan fingerprint density at radius 3 is 2.48 bits per heavy atom. The molecule has 0 radical (unpaired) electrons. The zero-order valence-electron chi connectivity index (χ0n) is 12.8. The number of nitrogens with zero attached hydrogens (tertiary/aromatic N) is 5. The molecule has 0 amide bonds. The number of aromatic nitrogens is 5. The quantitative estimate of drug-likeness (QED) is 0.797. The Bertz CT molecular complexity index is 582. The molecule has 0 aliphatic carbocycles. The number of aryl methyl sites for hydroxylation is 1. The second-order valence-corrected chi connectivity index (χ2v) is 4.76. The van der Waals surface area contributed by atoms with Crippen LogP contribution in [0.3, 0.4) is 0 Å². The van der Waals surface area contributed by atoms with Crippen LogP contribution in [0.2, 0.25) is 0 Å². The Morgan fingerprint density at radius 1 is 1.19 bits per heavy atom. The number of hydrogen-bond acceptors (Lipinski definition) is 7. The Balaban J connectivity index is 2.13. The third kappa shape index (κ3) is 4.30. The molecule has 0 fully saturated rings. The molecule has 2 N–H and O–H groups in total. The number of rotatable bonds is 7. The summed E-state index contributed by atoms with van der Waals surface area (Å²) in [4.78, 5) is 12.8. The smallest absolute Gasteiger partial charge is 0.323 e. The maximum absolute atomic E-state index is 5.54. The third-order valence-corrected chi connectivity index (χ3v) is 2.64. The van der Waals surface area contributed by atoms with Crippen LogP contribution in [-0.2, 0) is 13.6 Å². The highest BCUT2D eigenvalue weighted by atomic mass is 16.5. The van der Waals surface area contributed by atoms with Gasteiger partial charge in [-0.15, -0.1) is 0 Å². The van der Waals surface area contributed by atoms with E-state index in [1.54, 1.807) is 10.9 Å². The fourth-order valence-electron chi connectivity index (χ4n) is 1.68. The van der Waals surface area contributed by atoms with Crippen LogP contribution in [0, 0.1) is 0 Å². The second kappa shape index (κ2) is 6.87. The van der Waals surface area contributed by atoms with E-state index in [1.807, 2.05) is 33.9 Å². The van der Waals surface area contributed by atoms with Crippen molar-refractivity contribution in [2.24, 2.45) is 7.05 Å². The summed E-state index contributed by atoms with van der Waals surface area (Å²) in [7, 11) is 1.89. The molecule has 0 aliphatic rings. The third-order valence-electron chi connectivity index (χ3n) is 2.64. The number of nitrogens with one attached hydrogen (secondary N) is 2. The van der Waals surface area contributed by atoms with E-state index in [0.717, 1.165) is 12.2 Å². The van der Waals surface area contributed by atoms with Crippen molar-refractivity contribution in [2.75, 3.05) is 17.2 Å². The van der Waals surface area contributed by atoms with E-state index in [4.69, 9.17) is 4.74 Å². The summed E-state index contributed by atoms with van der Waals surface area (Å²) in [5, 5.41) is 10.3. The second-order valence-electron chi connectivity index (χ2n) is 4.76. The fourth-order valence-corrected chi connectivity index (χ4v) is 1.68. The first kappa shape index (κ1) is 15.0. The van der Waals surface area contributed by atoms with Gasteiger partial charge in [0.25, 0.3) is 0 Å². The Kier molecular flexibility index (Phi) is 4.91. The standard InChI is InChI=1S/C13H21N7O/c1-5-14-11-17-12(19-13(18-11)21-9(2)3)15-8-10-6-7-16-20(10)4/h6-7,9H,5,8H2,1-4H3,(H2,14,15,17,18,19). The minimum Gasteiger partial charge on any atom is -0.461 e. The average Bonchev–Trinajstić information content (AvgIpc) is 2.81. The van der Waals surface area contributed by atoms with Gasteiger partial charge in [0.2, 0.25) is 11.9 Å². The van der Waals surface area contributed by atoms with Gasteiger partial charge in [0, 0.05) is 19.8 Å². The number of hydrogen-bond donors (Lipinski definition) is 2. The van der Waals surface area contributed by atoms with Gasteiger partial charge in [-0.2, -0.15) is 20.1 Å². The maximum Gasteiger partial charge on any atom is 0.323 e. The van der Waals surface area contributed by atoms with E-state index in [1.165, 1.54) is 0 Å². The van der Waals surface area contributed by atoms with E-state index in [0.29, 0.717) is 24.5 Å². The van der Waals surface area contributed by atoms with Crippen LogP contribution < -0.4 is 15.4 Å². The van der Waals surface area contributed by atoms with Crippen molar-refractivity contribution in [3.05, 3.63) is 18.0 Å². The van der Waals surface area contributed by atoms with E-state index < -0.39 is 0 Å². The zero-order chi connectivity index (χ0) is 15.2. The summed E-state index contributed by atoms with van der Waals surface area (Å²) < 4.78 is 7.34. The first-order valence-corrected chi connectivity index (χ1v) is 6.95. The lowest BCUT2D eigenvalue weighted by Crippen LogP contribution is -2.14. The van der Waals surface area contributed by atoms with Crippen LogP contribution in [-0.4, -0.2) is 37.4 Å². The summed E-state index contributed by atoms with van der Waals surface area (Å²) in [5.74, 6) is 0.966. The first-order valence-electron chi connectivity index (χ1n) is 6.95. The maximum atomic E-state index is 5.54. The highest BCUT2D eigenvalue weighted by Crippen LogP contribution is 2.13. The predicted molar refractivity (Wildman–Crippen MR) is 80.3 cm³/mol. The topological polar surface area (TPSA) is 89.8 Å². The van der Waals surface area contributed by atoms with Crippen molar-refractivity contribution in [1.82, 2.24) is 24.7 Å². The molecule has 0 saturated carbocycles. The van der Waals surface area contributed by atoms with Crippen molar-refractivity contribution in [1.29, 1.82) is 0 Å². The molecule has 2 aromatic rings. The van der Waals surface area contributed by atoms with Gasteiger partial charge >= 0.3 is 6.01 Å². The van der Waals surface area contributed by atoms with Gasteiger partial charge in [0.05, 0.1) is 18.3 Å². The van der Waals surface area contributed by atoms with E-state index >= 15 is 0 Å². The summed E-state index contributed by atoms with van der Waals surface area (Å²) in [6, 6.07) is 2.24. The summed E-state index contributed by atoms with van der Waals surface area (Å²) in [6.45, 7) is 7.15. The molecule has 0 saturated heterocycles. The Labute approximate surface area is 124 Å². The SMILES string of the molecule is CCNc1nc(NCc2ccnn2C)nc(OC(C)C)n1. The highest BCUT2D eigenvalue weighted by molar-refractivity contribution is 5.36. The Hall–Kier alpha value is -2.38. The molecule has 0 aromatic carbocycles. The molecule has 2 aromatic heterocycles. The molecule has 8 nitrogen and oxygen atoms in total. The molecule has 21 heavy (non-hydrogen) atoms. The molecular formula is C13H21N7O. The molecule has 2 heterocycles. The monoisotopic (exact) mass is 291 g/mol. The van der Waals surface area contributed by atoms with Crippen LogP contribution in [0.15, 0.2) is 12.3 Å². The number of ether oxygens (including phenoxy) is 1. The minimum atomic E-state index is 0.00630. The van der Waals surface area contributed by atoms with Crippen molar-refractivity contribution >= 4 is 11.9 Å². The summed E-state index contributed by atoms with van der Waals surface area (Å²) >= 11 is 0. The largest absolute Gasteiger partial charge is 0.461 e. The molecule has 2 rings (SSSR count). The molecule has 0 unspecified atom stereocenters. The van der Waals surface area contributed by atoms with Gasteiger partial charge in [-0.25, -0.2) is 0 Å². The molecular weight excluding hydrogens is 270 g/mol. The van der Waals surface area contributed by atoms with Gasteiger partial charge in [0.15, 0.2) is 0 Å². The highest BCUT2D eigenvalue weighted by Gasteiger charge is 2.09. The lowest BCUT2D eigenvalue weighted by atomic mass is 10.4. The van der Waals surface area contributed by atoms with Gasteiger partial charge in [-0.05, 0) is 26.8 Å². The molecule has 0 atom stereocenters. The van der Waals surface area contributed by atoms with Crippen molar-refractivity contribution < 1.29 is 4.74 Å². The van der Waals surface area contributed by atoms with E-state index in [2.05, 4.69) is 30.7 Å². The van der Waals surface area contributed by atoms with Gasteiger partial charge in [0.1, 0.15) is 0 Å². The zero-order valence-corrected chi connectivity index (χ0v) is 12.8. The summed E-state index contributed by atoms with van der Waals surface area (Å²) in [6.07, 6.45) is 1.76. The van der Waals surface area contributed by atoms with E-state index in [9.17, 15) is 0 Å². The lowest BCUT2D eigenvalue weighted by molar-refractivity contribution is 0.222. The molecule has 8 heteroatoms. The van der Waals surface area contributed by atoms with Crippen molar-refractivity contribution in [3.8, 4) is 6.01 Å². The van der Waals surface area contributed by atoms with Crippen LogP contribution in [0.5, 0.6) is 6.01 Å². The average molecular weight is 291 g/mol. The number of anilines is 2. The normalized spacial score (nSPS) is 10.7. The molecule has 0 aliphatic heterocycles. The van der Waals surface area contributed by atoms with Crippen LogP contribution >= 0.6 is 0 Å². The van der Waals surface area contributed by atoms with Crippen molar-refractivity contribution in [2.45, 2.75) is 33.4 Å². The van der Waals surface area contributed by atoms with Gasteiger partial charge in [-0.1, -0.05) is 0 Å². The molecule has 0 bridgehead atoms. The molecule has 0 spiro atoms. The summed E-state index contributed by atoms with van der Waals surface area (Å²) in [5.41, 5.74) is 1.03. The Morgan fingerprint density at radius 2 is 1.90 bits per heavy atom. The first-order chi connectivity index (χ1) is 10.1. The van der Waals surface area contributed by atoms with Crippen molar-refractivity contribution in [3.63, 3.8) is 0 Å². The van der Waals surface area contributed by atoms with Gasteiger partial charge < -0.3 is 15.4 Å². The lowest BCUT2D eigenvalue weighted by Gasteiger charge is -2.11. The molecule has 114 valence electrons. The van der Waals surface area contributed by atoms with Crippen LogP contribution in [0.1, 0.15) is 26.5 Å². The predicted octanol–water partition coefficient (Wildman–Crippen LogP) is 1.44. The van der Waals surface area contributed by atoms with E-state index in [-0.39, 0.29) is 6.10 Å². The van der Waals surface area contributed by atoms with Crippen LogP contribution in [0.4, 0.5) is 11.9 Å². The van der Waals surface area contributed by atoms with Gasteiger partial charge in [-0.3, -0.25) is 4.68 Å². The van der Waals surface area contributed by atoms with Crippen LogP contribution in [0.25, 0.3) is 0 Å². The fraction of sp³-hybridized carbons (Fsp3) is 0.538.